The fourth-order valence-electron chi connectivity index (χ4n) is 1.74. The van der Waals surface area contributed by atoms with Gasteiger partial charge in [-0.05, 0) is 41.8 Å². The van der Waals surface area contributed by atoms with E-state index in [0.717, 1.165) is 31.6 Å². The summed E-state index contributed by atoms with van der Waals surface area (Å²) in [6.07, 6.45) is 5.09. The van der Waals surface area contributed by atoms with Crippen LogP contribution in [0.2, 0.25) is 0 Å². The second-order valence-corrected chi connectivity index (χ2v) is 5.03. The fraction of sp³-hybridized carbons (Fsp3) is 0.364. The molecule has 8 heteroatoms. The third-order valence-corrected chi connectivity index (χ3v) is 3.52. The third-order valence-electron chi connectivity index (χ3n) is 2.68. The average Bonchev–Trinajstić information content (AvgIpc) is 3.08. The number of unbranched alkanes of at least 4 members (excludes halogenated alkanes) is 1. The highest BCUT2D eigenvalue weighted by atomic mass is 32.1. The van der Waals surface area contributed by atoms with Gasteiger partial charge in [0.1, 0.15) is 5.82 Å². The highest BCUT2D eigenvalue weighted by Crippen LogP contribution is 2.09. The quantitative estimate of drug-likeness (QED) is 0.685. The summed E-state index contributed by atoms with van der Waals surface area (Å²) < 4.78 is 1.41. The van der Waals surface area contributed by atoms with Crippen LogP contribution in [0.25, 0.3) is 5.65 Å². The number of anilines is 1. The van der Waals surface area contributed by atoms with Crippen molar-refractivity contribution >= 4 is 22.8 Å². The first-order chi connectivity index (χ1) is 9.42. The number of hydrogen-bond donors (Lipinski definition) is 1. The maximum Gasteiger partial charge on any atom is 0.200 e. The first-order valence-electron chi connectivity index (χ1n) is 6.09. The Labute approximate surface area is 113 Å². The minimum Gasteiger partial charge on any atom is -0.369 e. The Hall–Kier alpha value is -2.09. The molecule has 19 heavy (non-hydrogen) atoms. The van der Waals surface area contributed by atoms with Gasteiger partial charge < -0.3 is 5.32 Å². The number of nitrogens with one attached hydrogen (secondary N) is 1. The lowest BCUT2D eigenvalue weighted by Crippen LogP contribution is -2.06. The number of fused-ring (bicyclic) bond motifs is 1. The van der Waals surface area contributed by atoms with Gasteiger partial charge >= 0.3 is 0 Å². The van der Waals surface area contributed by atoms with Crippen molar-refractivity contribution < 1.29 is 0 Å². The van der Waals surface area contributed by atoms with E-state index in [0.29, 0.717) is 5.65 Å². The molecule has 0 amide bonds. The molecular weight excluding hydrogens is 262 g/mol. The zero-order valence-corrected chi connectivity index (χ0v) is 11.0. The van der Waals surface area contributed by atoms with Gasteiger partial charge in [0.15, 0.2) is 5.65 Å². The van der Waals surface area contributed by atoms with E-state index in [9.17, 15) is 0 Å². The predicted molar refractivity (Wildman–Crippen MR) is 72.1 cm³/mol. The molecule has 0 aromatic carbocycles. The van der Waals surface area contributed by atoms with Crippen molar-refractivity contribution in [3.63, 3.8) is 0 Å². The van der Waals surface area contributed by atoms with Crippen LogP contribution >= 0.6 is 11.3 Å². The van der Waals surface area contributed by atoms with Crippen molar-refractivity contribution in [2.75, 3.05) is 11.9 Å². The van der Waals surface area contributed by atoms with E-state index in [-0.39, 0.29) is 0 Å². The van der Waals surface area contributed by atoms with Gasteiger partial charge in [-0.15, -0.1) is 26.2 Å². The van der Waals surface area contributed by atoms with Gasteiger partial charge in [0.05, 0.1) is 5.01 Å². The fourth-order valence-corrected chi connectivity index (χ4v) is 2.40. The molecule has 3 aromatic heterocycles. The van der Waals surface area contributed by atoms with Crippen LogP contribution in [0.15, 0.2) is 23.7 Å². The standard InChI is InChI=1S/C11H13N7S/c1(3-11-13-7-8-19-11)2-6-12-9-4-5-10-14-16-17-18(10)15-9/h4-5,7-8H,1-3,6H2,(H,12,15). The van der Waals surface area contributed by atoms with Crippen LogP contribution < -0.4 is 5.32 Å². The van der Waals surface area contributed by atoms with Crippen molar-refractivity contribution in [1.82, 2.24) is 30.2 Å². The highest BCUT2D eigenvalue weighted by Gasteiger charge is 2.00. The molecule has 3 heterocycles. The number of thiazole rings is 1. The molecule has 1 N–H and O–H groups in total. The third kappa shape index (κ3) is 3.02. The number of hydrogen-bond acceptors (Lipinski definition) is 7. The Kier molecular flexibility index (Phi) is 3.59. The van der Waals surface area contributed by atoms with Crippen LogP contribution in [0.5, 0.6) is 0 Å². The van der Waals surface area contributed by atoms with E-state index >= 15 is 0 Å². The number of tetrazole rings is 1. The summed E-state index contributed by atoms with van der Waals surface area (Å²) in [5.41, 5.74) is 0.648. The van der Waals surface area contributed by atoms with Crippen molar-refractivity contribution in [3.8, 4) is 0 Å². The van der Waals surface area contributed by atoms with Crippen LogP contribution in [0, 0.1) is 0 Å². The van der Waals surface area contributed by atoms with E-state index in [1.165, 1.54) is 9.64 Å². The highest BCUT2D eigenvalue weighted by molar-refractivity contribution is 7.09. The Morgan fingerprint density at radius 1 is 1.26 bits per heavy atom. The molecule has 0 saturated carbocycles. The van der Waals surface area contributed by atoms with Gasteiger partial charge in [0.25, 0.3) is 0 Å². The minimum atomic E-state index is 0.648. The lowest BCUT2D eigenvalue weighted by Gasteiger charge is -2.04. The summed E-state index contributed by atoms with van der Waals surface area (Å²) >= 11 is 1.71. The molecule has 0 radical (unpaired) electrons. The molecule has 0 aliphatic rings. The molecule has 3 aromatic rings. The molecule has 0 saturated heterocycles. The molecule has 0 unspecified atom stereocenters. The van der Waals surface area contributed by atoms with Crippen molar-refractivity contribution in [1.29, 1.82) is 0 Å². The molecule has 7 nitrogen and oxygen atoms in total. The molecule has 0 aliphatic heterocycles. The van der Waals surface area contributed by atoms with E-state index < -0.39 is 0 Å². The van der Waals surface area contributed by atoms with Gasteiger partial charge in [-0.2, -0.15) is 0 Å². The number of nitrogens with zero attached hydrogens (tertiary/aromatic N) is 6. The SMILES string of the molecule is c1csc(CCCCNc2ccc3nnnn3n2)n1. The van der Waals surface area contributed by atoms with E-state index in [2.05, 4.69) is 30.9 Å². The molecule has 0 bridgehead atoms. The smallest absolute Gasteiger partial charge is 0.200 e. The van der Waals surface area contributed by atoms with Crippen LogP contribution in [0.1, 0.15) is 17.8 Å². The Balaban J connectivity index is 1.44. The Morgan fingerprint density at radius 2 is 2.26 bits per heavy atom. The summed E-state index contributed by atoms with van der Waals surface area (Å²) in [5.74, 6) is 0.786. The molecule has 0 aliphatic carbocycles. The summed E-state index contributed by atoms with van der Waals surface area (Å²) in [4.78, 5) is 4.26. The first kappa shape index (κ1) is 12.0. The second-order valence-electron chi connectivity index (χ2n) is 4.05. The zero-order chi connectivity index (χ0) is 12.9. The maximum absolute atomic E-state index is 4.26. The van der Waals surface area contributed by atoms with Crippen molar-refractivity contribution in [2.24, 2.45) is 0 Å². The van der Waals surface area contributed by atoms with E-state index in [1.54, 1.807) is 11.3 Å². The van der Waals surface area contributed by atoms with Gasteiger partial charge in [-0.25, -0.2) is 4.98 Å². The number of aromatic nitrogens is 6. The molecule has 3 rings (SSSR count). The topological polar surface area (TPSA) is 80.9 Å². The van der Waals surface area contributed by atoms with Gasteiger partial charge in [-0.1, -0.05) is 0 Å². The predicted octanol–water partition coefficient (Wildman–Crippen LogP) is 1.41. The molecule has 0 atom stereocenters. The maximum atomic E-state index is 4.26. The largest absolute Gasteiger partial charge is 0.369 e. The summed E-state index contributed by atoms with van der Waals surface area (Å²) in [5, 5.41) is 21.8. The summed E-state index contributed by atoms with van der Waals surface area (Å²) in [6, 6.07) is 3.72. The van der Waals surface area contributed by atoms with Crippen molar-refractivity contribution in [2.45, 2.75) is 19.3 Å². The number of rotatable bonds is 6. The molecule has 98 valence electrons. The monoisotopic (exact) mass is 275 g/mol. The van der Waals surface area contributed by atoms with Crippen LogP contribution in [-0.4, -0.2) is 36.8 Å². The molecule has 0 fully saturated rings. The van der Waals surface area contributed by atoms with Crippen LogP contribution in [0.4, 0.5) is 5.82 Å². The Bertz CT molecular complexity index is 633. The lowest BCUT2D eigenvalue weighted by molar-refractivity contribution is 0.724. The van der Waals surface area contributed by atoms with Gasteiger partial charge in [-0.3, -0.25) is 0 Å². The van der Waals surface area contributed by atoms with E-state index in [4.69, 9.17) is 0 Å². The van der Waals surface area contributed by atoms with Crippen LogP contribution in [-0.2, 0) is 6.42 Å². The molecule has 0 spiro atoms. The Morgan fingerprint density at radius 3 is 3.16 bits per heavy atom. The van der Waals surface area contributed by atoms with Gasteiger partial charge in [0, 0.05) is 18.1 Å². The van der Waals surface area contributed by atoms with Gasteiger partial charge in [0.2, 0.25) is 0 Å². The lowest BCUT2D eigenvalue weighted by atomic mass is 10.2. The molecular formula is C11H13N7S. The normalized spacial score (nSPS) is 10.9. The van der Waals surface area contributed by atoms with E-state index in [1.807, 2.05) is 23.7 Å². The zero-order valence-electron chi connectivity index (χ0n) is 10.2. The summed E-state index contributed by atoms with van der Waals surface area (Å²) in [7, 11) is 0. The van der Waals surface area contributed by atoms with Crippen LogP contribution in [0.3, 0.4) is 0 Å². The number of aryl methyl sites for hydroxylation is 1. The first-order valence-corrected chi connectivity index (χ1v) is 6.97. The average molecular weight is 275 g/mol. The minimum absolute atomic E-state index is 0.648. The van der Waals surface area contributed by atoms with Crippen molar-refractivity contribution in [3.05, 3.63) is 28.7 Å². The second kappa shape index (κ2) is 5.70. The summed E-state index contributed by atoms with van der Waals surface area (Å²) in [6.45, 7) is 0.881.